The Morgan fingerprint density at radius 2 is 1.07 bits per heavy atom. The highest BCUT2D eigenvalue weighted by Crippen LogP contribution is 2.35. The predicted octanol–water partition coefficient (Wildman–Crippen LogP) is 2.09. The second kappa shape index (κ2) is 4.63. The molecule has 0 heterocycles. The molecule has 0 aliphatic heterocycles. The van der Waals surface area contributed by atoms with Crippen LogP contribution in [0.3, 0.4) is 0 Å². The molecule has 2 unspecified atom stereocenters. The van der Waals surface area contributed by atoms with E-state index < -0.39 is 12.2 Å². The number of hydrogen-bond acceptors (Lipinski definition) is 2. The van der Waals surface area contributed by atoms with E-state index in [1.807, 2.05) is 0 Å². The molecule has 2 aliphatic rings. The highest BCUT2D eigenvalue weighted by atomic mass is 16.3. The van der Waals surface area contributed by atoms with Crippen LogP contribution in [-0.2, 0) is 0 Å². The van der Waals surface area contributed by atoms with Crippen molar-refractivity contribution >= 4 is 0 Å². The Bertz CT molecular complexity index is 169. The predicted molar refractivity (Wildman–Crippen MR) is 55.9 cm³/mol. The van der Waals surface area contributed by atoms with Crippen molar-refractivity contribution in [1.82, 2.24) is 0 Å². The molecule has 2 rings (SSSR count). The van der Waals surface area contributed by atoms with Crippen molar-refractivity contribution in [3.05, 3.63) is 0 Å². The van der Waals surface area contributed by atoms with E-state index >= 15 is 0 Å². The van der Waals surface area contributed by atoms with Crippen LogP contribution in [-0.4, -0.2) is 22.4 Å². The zero-order valence-corrected chi connectivity index (χ0v) is 8.86. The van der Waals surface area contributed by atoms with Gasteiger partial charge >= 0.3 is 0 Å². The number of aliphatic hydroxyl groups excluding tert-OH is 2. The van der Waals surface area contributed by atoms with Gasteiger partial charge in [0.05, 0.1) is 12.2 Å². The third-order valence-corrected chi connectivity index (χ3v) is 4.12. The molecule has 2 N–H and O–H groups in total. The lowest BCUT2D eigenvalue weighted by atomic mass is 9.74. The fraction of sp³-hybridized carbons (Fsp3) is 1.00. The van der Waals surface area contributed by atoms with Crippen LogP contribution in [0.5, 0.6) is 0 Å². The summed E-state index contributed by atoms with van der Waals surface area (Å²) in [6.45, 7) is 0. The Balaban J connectivity index is 1.82. The largest absolute Gasteiger partial charge is 0.390 e. The molecule has 2 saturated carbocycles. The van der Waals surface area contributed by atoms with Gasteiger partial charge in [-0.2, -0.15) is 0 Å². The van der Waals surface area contributed by atoms with Crippen molar-refractivity contribution in [3.8, 4) is 0 Å². The Hall–Kier alpha value is -0.0800. The minimum atomic E-state index is -0.444. The van der Waals surface area contributed by atoms with Crippen LogP contribution < -0.4 is 0 Å². The second-order valence-electron chi connectivity index (χ2n) is 5.07. The first-order valence-corrected chi connectivity index (χ1v) is 6.15. The lowest BCUT2D eigenvalue weighted by Crippen LogP contribution is -2.41. The zero-order chi connectivity index (χ0) is 9.97. The van der Waals surface area contributed by atoms with Crippen LogP contribution in [0.4, 0.5) is 0 Å². The maximum atomic E-state index is 10.0. The second-order valence-corrected chi connectivity index (χ2v) is 5.07. The van der Waals surface area contributed by atoms with Gasteiger partial charge in [-0.05, 0) is 37.5 Å². The number of rotatable bonds is 3. The van der Waals surface area contributed by atoms with Gasteiger partial charge in [0.2, 0.25) is 0 Å². The zero-order valence-electron chi connectivity index (χ0n) is 8.86. The van der Waals surface area contributed by atoms with E-state index in [1.54, 1.807) is 0 Å². The van der Waals surface area contributed by atoms with Crippen molar-refractivity contribution in [2.45, 2.75) is 63.6 Å². The Morgan fingerprint density at radius 3 is 1.43 bits per heavy atom. The van der Waals surface area contributed by atoms with E-state index in [2.05, 4.69) is 0 Å². The van der Waals surface area contributed by atoms with Gasteiger partial charge < -0.3 is 10.2 Å². The average Bonchev–Trinajstić information content (AvgIpc) is 2.15. The minimum absolute atomic E-state index is 0.374. The maximum absolute atomic E-state index is 10.0. The molecule has 0 aromatic carbocycles. The van der Waals surface area contributed by atoms with E-state index in [-0.39, 0.29) is 0 Å². The van der Waals surface area contributed by atoms with Gasteiger partial charge in [0.1, 0.15) is 0 Å². The Kier molecular flexibility index (Phi) is 3.45. The first-order chi connectivity index (χ1) is 6.79. The average molecular weight is 198 g/mol. The molecule has 0 radical (unpaired) electrons. The fourth-order valence-corrected chi connectivity index (χ4v) is 2.81. The highest BCUT2D eigenvalue weighted by Gasteiger charge is 2.35. The molecule has 2 heteroatoms. The molecule has 14 heavy (non-hydrogen) atoms. The van der Waals surface area contributed by atoms with Crippen LogP contribution in [0.25, 0.3) is 0 Å². The van der Waals surface area contributed by atoms with Gasteiger partial charge in [0.25, 0.3) is 0 Å². The fourth-order valence-electron chi connectivity index (χ4n) is 2.81. The van der Waals surface area contributed by atoms with Crippen molar-refractivity contribution in [3.63, 3.8) is 0 Å². The van der Waals surface area contributed by atoms with Gasteiger partial charge in [-0.3, -0.25) is 0 Å². The van der Waals surface area contributed by atoms with Crippen molar-refractivity contribution < 1.29 is 10.2 Å². The first-order valence-electron chi connectivity index (χ1n) is 6.15. The first kappa shape index (κ1) is 10.4. The SMILES string of the molecule is OC(C1CCCCC1)C(O)C1CCC1. The van der Waals surface area contributed by atoms with Gasteiger partial charge in [0, 0.05) is 0 Å². The Morgan fingerprint density at radius 1 is 0.643 bits per heavy atom. The summed E-state index contributed by atoms with van der Waals surface area (Å²) < 4.78 is 0. The van der Waals surface area contributed by atoms with Crippen molar-refractivity contribution in [2.75, 3.05) is 0 Å². The van der Waals surface area contributed by atoms with E-state index in [9.17, 15) is 10.2 Å². The lowest BCUT2D eigenvalue weighted by Gasteiger charge is -2.37. The van der Waals surface area contributed by atoms with Crippen molar-refractivity contribution in [2.24, 2.45) is 11.8 Å². The van der Waals surface area contributed by atoms with Crippen LogP contribution in [0, 0.1) is 11.8 Å². The summed E-state index contributed by atoms with van der Waals surface area (Å²) >= 11 is 0. The molecule has 2 atom stereocenters. The van der Waals surface area contributed by atoms with Crippen LogP contribution in [0.2, 0.25) is 0 Å². The van der Waals surface area contributed by atoms with E-state index in [0.29, 0.717) is 11.8 Å². The van der Waals surface area contributed by atoms with Gasteiger partial charge in [0.15, 0.2) is 0 Å². The van der Waals surface area contributed by atoms with Gasteiger partial charge in [-0.15, -0.1) is 0 Å². The third kappa shape index (κ3) is 2.12. The molecule has 82 valence electrons. The summed E-state index contributed by atoms with van der Waals surface area (Å²) in [5.41, 5.74) is 0. The molecule has 0 amide bonds. The summed E-state index contributed by atoms with van der Waals surface area (Å²) in [6.07, 6.45) is 8.60. The van der Waals surface area contributed by atoms with E-state index in [1.165, 1.54) is 25.7 Å². The number of aliphatic hydroxyl groups is 2. The molecule has 0 aromatic heterocycles. The third-order valence-electron chi connectivity index (χ3n) is 4.12. The smallest absolute Gasteiger partial charge is 0.0829 e. The molecule has 0 spiro atoms. The summed E-state index contributed by atoms with van der Waals surface area (Å²) in [6, 6.07) is 0. The minimum Gasteiger partial charge on any atom is -0.390 e. The lowest BCUT2D eigenvalue weighted by molar-refractivity contribution is -0.0720. The van der Waals surface area contributed by atoms with E-state index in [4.69, 9.17) is 0 Å². The van der Waals surface area contributed by atoms with Gasteiger partial charge in [-0.25, -0.2) is 0 Å². The summed E-state index contributed by atoms with van der Waals surface area (Å²) in [5, 5.41) is 20.0. The van der Waals surface area contributed by atoms with E-state index in [0.717, 1.165) is 25.7 Å². The van der Waals surface area contributed by atoms with Crippen LogP contribution in [0.1, 0.15) is 51.4 Å². The Labute approximate surface area is 86.3 Å². The van der Waals surface area contributed by atoms with Crippen LogP contribution >= 0.6 is 0 Å². The maximum Gasteiger partial charge on any atom is 0.0829 e. The monoisotopic (exact) mass is 198 g/mol. The highest BCUT2D eigenvalue weighted by molar-refractivity contribution is 4.86. The molecular formula is C12H22O2. The van der Waals surface area contributed by atoms with Crippen molar-refractivity contribution in [1.29, 1.82) is 0 Å². The summed E-state index contributed by atoms with van der Waals surface area (Å²) in [4.78, 5) is 0. The standard InChI is InChI=1S/C12H22O2/c13-11(9-5-2-1-3-6-9)12(14)10-7-4-8-10/h9-14H,1-8H2. The molecule has 0 bridgehead atoms. The summed E-state index contributed by atoms with van der Waals surface area (Å²) in [5.74, 6) is 0.770. The molecule has 0 aromatic rings. The quantitative estimate of drug-likeness (QED) is 0.729. The molecular weight excluding hydrogens is 176 g/mol. The molecule has 2 aliphatic carbocycles. The topological polar surface area (TPSA) is 40.5 Å². The van der Waals surface area contributed by atoms with Gasteiger partial charge in [-0.1, -0.05) is 25.7 Å². The normalized spacial score (nSPS) is 29.6. The summed E-state index contributed by atoms with van der Waals surface area (Å²) in [7, 11) is 0. The molecule has 0 saturated heterocycles. The van der Waals surface area contributed by atoms with Crippen LogP contribution in [0.15, 0.2) is 0 Å². The molecule has 2 nitrogen and oxygen atoms in total. The molecule has 2 fully saturated rings. The number of hydrogen-bond donors (Lipinski definition) is 2.